The van der Waals surface area contributed by atoms with Gasteiger partial charge in [0.25, 0.3) is 0 Å². The van der Waals surface area contributed by atoms with Gasteiger partial charge in [0.2, 0.25) is 6.29 Å². The van der Waals surface area contributed by atoms with Crippen LogP contribution in [-0.2, 0) is 4.79 Å². The Labute approximate surface area is 160 Å². The molecule has 0 aromatic heterocycles. The van der Waals surface area contributed by atoms with E-state index in [-0.39, 0.29) is 12.8 Å². The molecular formula is C23H37O3. The molecule has 147 valence electrons. The Balaban J connectivity index is 4.68. The van der Waals surface area contributed by atoms with Crippen molar-refractivity contribution in [2.75, 3.05) is 0 Å². The van der Waals surface area contributed by atoms with Crippen molar-refractivity contribution < 1.29 is 15.0 Å². The van der Waals surface area contributed by atoms with Crippen LogP contribution in [0.15, 0.2) is 46.6 Å². The van der Waals surface area contributed by atoms with Gasteiger partial charge >= 0.3 is 0 Å². The average Bonchev–Trinajstić information content (AvgIpc) is 2.56. The Bertz CT molecular complexity index is 544. The van der Waals surface area contributed by atoms with E-state index >= 15 is 0 Å². The summed E-state index contributed by atoms with van der Waals surface area (Å²) in [5, 5.41) is 20.7. The lowest BCUT2D eigenvalue weighted by molar-refractivity contribution is -0.0216. The zero-order valence-electron chi connectivity index (χ0n) is 17.4. The third-order valence-corrected chi connectivity index (χ3v) is 4.36. The lowest BCUT2D eigenvalue weighted by atomic mass is 9.90. The Morgan fingerprint density at radius 3 is 1.77 bits per heavy atom. The zero-order chi connectivity index (χ0) is 20.2. The highest BCUT2D eigenvalue weighted by molar-refractivity contribution is 5.64. The number of rotatable bonds is 12. The van der Waals surface area contributed by atoms with Gasteiger partial charge in [0, 0.05) is 6.42 Å². The predicted octanol–water partition coefficient (Wildman–Crippen LogP) is 5.35. The van der Waals surface area contributed by atoms with Crippen molar-refractivity contribution in [3.8, 4) is 0 Å². The van der Waals surface area contributed by atoms with Gasteiger partial charge in [-0.3, -0.25) is 4.79 Å². The van der Waals surface area contributed by atoms with Crippen molar-refractivity contribution in [2.24, 2.45) is 0 Å². The van der Waals surface area contributed by atoms with E-state index in [0.717, 1.165) is 36.8 Å². The van der Waals surface area contributed by atoms with E-state index in [9.17, 15) is 15.0 Å². The van der Waals surface area contributed by atoms with Crippen LogP contribution in [0.2, 0.25) is 0 Å². The van der Waals surface area contributed by atoms with E-state index in [2.05, 4.69) is 39.8 Å². The minimum Gasteiger partial charge on any atom is -0.389 e. The first-order valence-corrected chi connectivity index (χ1v) is 9.48. The molecule has 0 rings (SSSR count). The molecule has 2 atom stereocenters. The Morgan fingerprint density at radius 1 is 0.885 bits per heavy atom. The molecule has 3 heteroatoms. The second kappa shape index (κ2) is 12.8. The van der Waals surface area contributed by atoms with E-state index in [1.54, 1.807) is 6.29 Å². The number of allylic oxidation sites excluding steroid dienone is 6. The molecule has 0 aliphatic rings. The minimum atomic E-state index is -1.85. The molecular weight excluding hydrogens is 324 g/mol. The number of carbonyl (C=O) groups excluding carboxylic acids is 1. The second-order valence-corrected chi connectivity index (χ2v) is 7.72. The molecule has 2 N–H and O–H groups in total. The third-order valence-electron chi connectivity index (χ3n) is 4.36. The standard InChI is InChI=1S/C23H37O3/c1-18(2)9-7-11-20(5)13-14-22(25)23(26,17-24)16-15-21(6)12-8-10-19(3)4/h9-10,13,15,22,25-26H,7-8,11-12,14,16H2,1-6H3/b20-13+,21-15+. The van der Waals surface area contributed by atoms with Gasteiger partial charge in [0.05, 0.1) is 6.10 Å². The summed E-state index contributed by atoms with van der Waals surface area (Å²) in [7, 11) is 0. The topological polar surface area (TPSA) is 57.5 Å². The first-order valence-electron chi connectivity index (χ1n) is 9.48. The number of hydrogen-bond donors (Lipinski definition) is 2. The monoisotopic (exact) mass is 361 g/mol. The lowest BCUT2D eigenvalue weighted by Gasteiger charge is -2.25. The SMILES string of the molecule is CC(C)=CCC/C(C)=C/CC(O)C(O)([C]=O)C/C=C(\C)CCC=C(C)C. The predicted molar refractivity (Wildman–Crippen MR) is 111 cm³/mol. The van der Waals surface area contributed by atoms with Gasteiger partial charge in [-0.1, -0.05) is 46.6 Å². The third kappa shape index (κ3) is 11.2. The van der Waals surface area contributed by atoms with Crippen LogP contribution >= 0.6 is 0 Å². The van der Waals surface area contributed by atoms with Gasteiger partial charge in [0.1, 0.15) is 0 Å². The molecule has 0 bridgehead atoms. The van der Waals surface area contributed by atoms with Crippen LogP contribution in [-0.4, -0.2) is 28.2 Å². The quantitative estimate of drug-likeness (QED) is 0.460. The van der Waals surface area contributed by atoms with Crippen molar-refractivity contribution in [1.82, 2.24) is 0 Å². The minimum absolute atomic E-state index is 0.0863. The maximum atomic E-state index is 11.3. The van der Waals surface area contributed by atoms with Crippen molar-refractivity contribution >= 4 is 6.29 Å². The number of hydrogen-bond acceptors (Lipinski definition) is 3. The lowest BCUT2D eigenvalue weighted by Crippen LogP contribution is -2.43. The summed E-state index contributed by atoms with van der Waals surface area (Å²) >= 11 is 0. The summed E-state index contributed by atoms with van der Waals surface area (Å²) in [4.78, 5) is 11.3. The molecule has 0 saturated carbocycles. The first kappa shape index (κ1) is 24.6. The summed E-state index contributed by atoms with van der Waals surface area (Å²) in [6, 6.07) is 0. The van der Waals surface area contributed by atoms with Crippen LogP contribution in [0.25, 0.3) is 0 Å². The zero-order valence-corrected chi connectivity index (χ0v) is 17.4. The van der Waals surface area contributed by atoms with E-state index in [4.69, 9.17) is 0 Å². The fourth-order valence-electron chi connectivity index (χ4n) is 2.46. The van der Waals surface area contributed by atoms with Crippen LogP contribution in [0.4, 0.5) is 0 Å². The molecule has 3 nitrogen and oxygen atoms in total. The molecule has 0 spiro atoms. The number of aliphatic hydroxyl groups excluding tert-OH is 1. The van der Waals surface area contributed by atoms with Crippen molar-refractivity contribution in [1.29, 1.82) is 0 Å². The molecule has 0 fully saturated rings. The second-order valence-electron chi connectivity index (χ2n) is 7.72. The van der Waals surface area contributed by atoms with Gasteiger partial charge in [0.15, 0.2) is 5.60 Å². The van der Waals surface area contributed by atoms with Gasteiger partial charge in [-0.2, -0.15) is 0 Å². The Kier molecular flexibility index (Phi) is 12.1. The summed E-state index contributed by atoms with van der Waals surface area (Å²) in [5.74, 6) is 0. The molecule has 0 aliphatic heterocycles. The summed E-state index contributed by atoms with van der Waals surface area (Å²) < 4.78 is 0. The van der Waals surface area contributed by atoms with Gasteiger partial charge in [-0.05, 0) is 73.6 Å². The molecule has 0 aliphatic carbocycles. The molecule has 0 aromatic carbocycles. The van der Waals surface area contributed by atoms with E-state index in [1.165, 1.54) is 11.1 Å². The van der Waals surface area contributed by atoms with Crippen LogP contribution in [0.5, 0.6) is 0 Å². The molecule has 0 heterocycles. The van der Waals surface area contributed by atoms with Crippen LogP contribution in [0, 0.1) is 0 Å². The van der Waals surface area contributed by atoms with E-state index in [1.807, 2.05) is 26.0 Å². The fraction of sp³-hybridized carbons (Fsp3) is 0.609. The van der Waals surface area contributed by atoms with E-state index < -0.39 is 11.7 Å². The van der Waals surface area contributed by atoms with Gasteiger partial charge in [-0.15, -0.1) is 0 Å². The highest BCUT2D eigenvalue weighted by Gasteiger charge is 2.34. The summed E-state index contributed by atoms with van der Waals surface area (Å²) in [5.41, 5.74) is 2.95. The largest absolute Gasteiger partial charge is 0.389 e. The van der Waals surface area contributed by atoms with Crippen LogP contribution in [0.3, 0.4) is 0 Å². The van der Waals surface area contributed by atoms with Gasteiger partial charge in [-0.25, -0.2) is 0 Å². The maximum absolute atomic E-state index is 11.3. The number of aliphatic hydroxyl groups is 2. The normalized spacial score (nSPS) is 15.8. The maximum Gasteiger partial charge on any atom is 0.236 e. The smallest absolute Gasteiger partial charge is 0.236 e. The average molecular weight is 362 g/mol. The molecule has 1 radical (unpaired) electrons. The van der Waals surface area contributed by atoms with Crippen LogP contribution in [0.1, 0.15) is 80.1 Å². The highest BCUT2D eigenvalue weighted by atomic mass is 16.3. The fourth-order valence-corrected chi connectivity index (χ4v) is 2.46. The van der Waals surface area contributed by atoms with Crippen molar-refractivity contribution in [2.45, 2.75) is 91.8 Å². The van der Waals surface area contributed by atoms with Crippen LogP contribution < -0.4 is 0 Å². The molecule has 0 aromatic rings. The molecule has 0 saturated heterocycles. The molecule has 2 unspecified atom stereocenters. The summed E-state index contributed by atoms with van der Waals surface area (Å²) in [6.07, 6.45) is 12.6. The first-order chi connectivity index (χ1) is 12.1. The van der Waals surface area contributed by atoms with Gasteiger partial charge < -0.3 is 10.2 Å². The van der Waals surface area contributed by atoms with Crippen molar-refractivity contribution in [3.05, 3.63) is 46.6 Å². The Hall–Kier alpha value is -1.45. The molecule has 0 amide bonds. The highest BCUT2D eigenvalue weighted by Crippen LogP contribution is 2.20. The molecule has 26 heavy (non-hydrogen) atoms. The summed E-state index contributed by atoms with van der Waals surface area (Å²) in [6.45, 7) is 12.2. The van der Waals surface area contributed by atoms with Crippen molar-refractivity contribution in [3.63, 3.8) is 0 Å². The van der Waals surface area contributed by atoms with E-state index in [0.29, 0.717) is 0 Å². The Morgan fingerprint density at radius 2 is 1.35 bits per heavy atom.